The molecular weight excluding hydrogens is 331 g/mol. The molecule has 1 atom stereocenters. The van der Waals surface area contributed by atoms with E-state index in [0.29, 0.717) is 0 Å². The number of aromatic hydroxyl groups is 1. The number of carbonyl (C=O) groups excluding carboxylic acids is 2. The highest BCUT2D eigenvalue weighted by Crippen LogP contribution is 2.34. The zero-order valence-corrected chi connectivity index (χ0v) is 14.0. The van der Waals surface area contributed by atoms with Crippen LogP contribution >= 0.6 is 23.2 Å². The second-order valence-corrected chi connectivity index (χ2v) is 6.41. The van der Waals surface area contributed by atoms with Crippen molar-refractivity contribution in [3.8, 4) is 5.75 Å². The number of nitrogens with one attached hydrogen (secondary N) is 1. The molecule has 0 saturated carbocycles. The van der Waals surface area contributed by atoms with E-state index in [-0.39, 0.29) is 28.0 Å². The Kier molecular flexibility index (Phi) is 6.05. The molecule has 0 aliphatic heterocycles. The fourth-order valence-corrected chi connectivity index (χ4v) is 2.04. The summed E-state index contributed by atoms with van der Waals surface area (Å²) in [6, 6.07) is 2.62. The van der Waals surface area contributed by atoms with Crippen LogP contribution in [0.2, 0.25) is 10.0 Å². The fourth-order valence-electron chi connectivity index (χ4n) is 1.55. The van der Waals surface area contributed by atoms with Crippen LogP contribution in [0.4, 0.5) is 5.69 Å². The molecule has 0 radical (unpaired) electrons. The van der Waals surface area contributed by atoms with Crippen molar-refractivity contribution in [2.45, 2.75) is 26.4 Å². The smallest absolute Gasteiger partial charge is 0.320 e. The first-order valence-corrected chi connectivity index (χ1v) is 7.22. The fraction of sp³-hybridized carbons (Fsp3) is 0.429. The third-order valence-corrected chi connectivity index (χ3v) is 3.10. The molecule has 4 N–H and O–H groups in total. The van der Waals surface area contributed by atoms with Crippen molar-refractivity contribution in [1.29, 1.82) is 0 Å². The Balaban J connectivity index is 2.88. The van der Waals surface area contributed by atoms with E-state index < -0.39 is 23.4 Å². The van der Waals surface area contributed by atoms with Gasteiger partial charge >= 0.3 is 5.97 Å². The monoisotopic (exact) mass is 348 g/mol. The Morgan fingerprint density at radius 3 is 2.23 bits per heavy atom. The molecule has 1 unspecified atom stereocenters. The molecule has 0 aliphatic rings. The minimum Gasteiger partial charge on any atom is -0.505 e. The first-order chi connectivity index (χ1) is 10.0. The van der Waals surface area contributed by atoms with Gasteiger partial charge in [-0.3, -0.25) is 9.59 Å². The lowest BCUT2D eigenvalue weighted by molar-refractivity contribution is -0.161. The highest BCUT2D eigenvalue weighted by atomic mass is 35.5. The first-order valence-electron chi connectivity index (χ1n) is 6.47. The Morgan fingerprint density at radius 1 is 1.32 bits per heavy atom. The van der Waals surface area contributed by atoms with Crippen molar-refractivity contribution in [2.75, 3.05) is 11.9 Å². The van der Waals surface area contributed by atoms with Gasteiger partial charge in [0.25, 0.3) is 0 Å². The maximum absolute atomic E-state index is 12.1. The molecule has 0 fully saturated rings. The maximum atomic E-state index is 12.1. The summed E-state index contributed by atoms with van der Waals surface area (Å²) < 4.78 is 5.14. The molecule has 0 heterocycles. The molecule has 0 spiro atoms. The van der Waals surface area contributed by atoms with E-state index >= 15 is 0 Å². The maximum Gasteiger partial charge on any atom is 0.320 e. The standard InChI is InChI=1S/C14H18Cl2N2O4/c1-14(2,3)22-13(21)8(6-17)12(20)18-7-4-9(15)11(19)10(16)5-7/h4-5,8,19H,6,17H2,1-3H3,(H,18,20). The summed E-state index contributed by atoms with van der Waals surface area (Å²) in [5.41, 5.74) is 4.99. The average molecular weight is 349 g/mol. The molecule has 22 heavy (non-hydrogen) atoms. The number of carbonyl (C=O) groups is 2. The summed E-state index contributed by atoms with van der Waals surface area (Å²) in [6.07, 6.45) is 0. The van der Waals surface area contributed by atoms with Gasteiger partial charge in [0.1, 0.15) is 11.5 Å². The second-order valence-electron chi connectivity index (χ2n) is 5.60. The minimum atomic E-state index is -1.16. The number of esters is 1. The van der Waals surface area contributed by atoms with Crippen LogP contribution in [0.3, 0.4) is 0 Å². The number of benzene rings is 1. The lowest BCUT2D eigenvalue weighted by atomic mass is 10.1. The van der Waals surface area contributed by atoms with Crippen LogP contribution < -0.4 is 11.1 Å². The number of amides is 1. The van der Waals surface area contributed by atoms with Crippen molar-refractivity contribution in [3.63, 3.8) is 0 Å². The van der Waals surface area contributed by atoms with Crippen molar-refractivity contribution in [2.24, 2.45) is 11.7 Å². The second kappa shape index (κ2) is 7.17. The number of hydrogen-bond acceptors (Lipinski definition) is 5. The molecule has 0 saturated heterocycles. The van der Waals surface area contributed by atoms with Crippen molar-refractivity contribution >= 4 is 40.8 Å². The van der Waals surface area contributed by atoms with E-state index in [1.165, 1.54) is 12.1 Å². The number of nitrogens with two attached hydrogens (primary N) is 1. The van der Waals surface area contributed by atoms with E-state index in [1.807, 2.05) is 0 Å². The quantitative estimate of drug-likeness (QED) is 0.441. The molecule has 122 valence electrons. The van der Waals surface area contributed by atoms with Crippen molar-refractivity contribution in [1.82, 2.24) is 0 Å². The third-order valence-electron chi connectivity index (χ3n) is 2.53. The first kappa shape index (κ1) is 18.5. The molecule has 1 aromatic carbocycles. The molecule has 1 amide bonds. The Bertz CT molecular complexity index is 562. The zero-order chi connectivity index (χ0) is 17.1. The summed E-state index contributed by atoms with van der Waals surface area (Å²) in [7, 11) is 0. The van der Waals surface area contributed by atoms with Crippen molar-refractivity contribution < 1.29 is 19.4 Å². The topological polar surface area (TPSA) is 102 Å². The summed E-state index contributed by atoms with van der Waals surface area (Å²) >= 11 is 11.5. The molecule has 0 aliphatic carbocycles. The van der Waals surface area contributed by atoms with Crippen LogP contribution in [-0.2, 0) is 14.3 Å². The largest absolute Gasteiger partial charge is 0.505 e. The summed E-state index contributed by atoms with van der Waals surface area (Å²) in [5.74, 6) is -2.81. The number of phenols is 1. The average Bonchev–Trinajstić information content (AvgIpc) is 2.34. The third kappa shape index (κ3) is 5.05. The van der Waals surface area contributed by atoms with Gasteiger partial charge in [-0.1, -0.05) is 23.2 Å². The highest BCUT2D eigenvalue weighted by Gasteiger charge is 2.30. The van der Waals surface area contributed by atoms with Gasteiger partial charge < -0.3 is 20.9 Å². The van der Waals surface area contributed by atoms with Crippen LogP contribution in [-0.4, -0.2) is 29.1 Å². The minimum absolute atomic E-state index is 0.0237. The molecule has 1 aromatic rings. The molecule has 8 heteroatoms. The Labute approximate surface area is 138 Å². The van der Waals surface area contributed by atoms with Crippen LogP contribution in [0.25, 0.3) is 0 Å². The van der Waals surface area contributed by atoms with Gasteiger partial charge in [0.05, 0.1) is 10.0 Å². The van der Waals surface area contributed by atoms with Crippen molar-refractivity contribution in [3.05, 3.63) is 22.2 Å². The van der Waals surface area contributed by atoms with E-state index in [0.717, 1.165) is 0 Å². The van der Waals surface area contributed by atoms with E-state index in [4.69, 9.17) is 33.7 Å². The van der Waals surface area contributed by atoms with Crippen LogP contribution in [0.5, 0.6) is 5.75 Å². The normalized spacial score (nSPS) is 12.6. The predicted molar refractivity (Wildman–Crippen MR) is 85.1 cm³/mol. The van der Waals surface area contributed by atoms with E-state index in [1.54, 1.807) is 20.8 Å². The van der Waals surface area contributed by atoms with E-state index in [2.05, 4.69) is 5.32 Å². The summed E-state index contributed by atoms with van der Waals surface area (Å²) in [4.78, 5) is 24.1. The highest BCUT2D eigenvalue weighted by molar-refractivity contribution is 6.37. The van der Waals surface area contributed by atoms with Gasteiger partial charge in [0.2, 0.25) is 5.91 Å². The number of halogens is 2. The molecule has 6 nitrogen and oxygen atoms in total. The van der Waals surface area contributed by atoms with Gasteiger partial charge in [-0.05, 0) is 32.9 Å². The summed E-state index contributed by atoms with van der Waals surface area (Å²) in [6.45, 7) is 4.86. The number of rotatable bonds is 4. The Hall–Kier alpha value is -1.50. The van der Waals surface area contributed by atoms with Gasteiger partial charge in [-0.15, -0.1) is 0 Å². The van der Waals surface area contributed by atoms with Crippen LogP contribution in [0.1, 0.15) is 20.8 Å². The van der Waals surface area contributed by atoms with Crippen LogP contribution in [0.15, 0.2) is 12.1 Å². The summed E-state index contributed by atoms with van der Waals surface area (Å²) in [5, 5.41) is 11.9. The lowest BCUT2D eigenvalue weighted by Gasteiger charge is -2.23. The van der Waals surface area contributed by atoms with Crippen LogP contribution in [0, 0.1) is 5.92 Å². The molecule has 0 bridgehead atoms. The Morgan fingerprint density at radius 2 is 1.82 bits per heavy atom. The van der Waals surface area contributed by atoms with Gasteiger partial charge in [-0.25, -0.2) is 0 Å². The molecule has 0 aromatic heterocycles. The SMILES string of the molecule is CC(C)(C)OC(=O)C(CN)C(=O)Nc1cc(Cl)c(O)c(Cl)c1. The van der Waals surface area contributed by atoms with Gasteiger partial charge in [0, 0.05) is 12.2 Å². The number of anilines is 1. The zero-order valence-electron chi connectivity index (χ0n) is 12.4. The lowest BCUT2D eigenvalue weighted by Crippen LogP contribution is -2.39. The van der Waals surface area contributed by atoms with E-state index in [9.17, 15) is 14.7 Å². The van der Waals surface area contributed by atoms with Gasteiger partial charge in [-0.2, -0.15) is 0 Å². The number of phenolic OH excluding ortho intramolecular Hbond substituents is 1. The van der Waals surface area contributed by atoms with Gasteiger partial charge in [0.15, 0.2) is 5.75 Å². The number of hydrogen-bond donors (Lipinski definition) is 3. The predicted octanol–water partition coefficient (Wildman–Crippen LogP) is 2.55. The number of ether oxygens (including phenoxy) is 1. The molecular formula is C14H18Cl2N2O4. The molecule has 1 rings (SSSR count).